The molecule has 0 fully saturated rings. The first-order valence-electron chi connectivity index (χ1n) is 6.24. The van der Waals surface area contributed by atoms with Gasteiger partial charge < -0.3 is 11.1 Å². The van der Waals surface area contributed by atoms with E-state index in [4.69, 9.17) is 5.73 Å². The number of halogens is 1. The Morgan fingerprint density at radius 1 is 1.48 bits per heavy atom. The minimum absolute atomic E-state index is 0.0764. The van der Waals surface area contributed by atoms with Crippen LogP contribution in [0.25, 0.3) is 10.2 Å². The van der Waals surface area contributed by atoms with Gasteiger partial charge in [0.1, 0.15) is 0 Å². The molecule has 0 radical (unpaired) electrons. The van der Waals surface area contributed by atoms with E-state index in [-0.39, 0.29) is 5.91 Å². The lowest BCUT2D eigenvalue weighted by atomic mass is 10.3. The Labute approximate surface area is 138 Å². The number of anilines is 2. The fraction of sp³-hybridized carbons (Fsp3) is 0.154. The van der Waals surface area contributed by atoms with Crippen LogP contribution in [0.4, 0.5) is 10.8 Å². The minimum atomic E-state index is -0.0764. The van der Waals surface area contributed by atoms with Crippen molar-refractivity contribution in [3.63, 3.8) is 0 Å². The molecule has 8 heteroatoms. The quantitative estimate of drug-likeness (QED) is 0.509. The largest absolute Gasteiger partial charge is 0.399 e. The Kier molecular flexibility index (Phi) is 4.06. The number of nitrogen functional groups attached to an aromatic ring is 1. The van der Waals surface area contributed by atoms with Crippen molar-refractivity contribution in [2.45, 2.75) is 13.0 Å². The maximum absolute atomic E-state index is 11.9. The summed E-state index contributed by atoms with van der Waals surface area (Å²) in [6.45, 7) is 0.548. The van der Waals surface area contributed by atoms with Crippen LogP contribution in [0.15, 0.2) is 30.6 Å². The average Bonchev–Trinajstić information content (AvgIpc) is 3.01. The summed E-state index contributed by atoms with van der Waals surface area (Å²) in [5.41, 5.74) is 7.26. The second kappa shape index (κ2) is 5.98. The van der Waals surface area contributed by atoms with Gasteiger partial charge in [0.25, 0.3) is 0 Å². The van der Waals surface area contributed by atoms with Crippen LogP contribution in [0.1, 0.15) is 6.42 Å². The SMILES string of the molecule is Nc1ccc2nc(NC(=O)CCn3cc(I)cn3)sc2c1. The van der Waals surface area contributed by atoms with E-state index in [9.17, 15) is 4.79 Å². The van der Waals surface area contributed by atoms with E-state index < -0.39 is 0 Å². The normalized spacial score (nSPS) is 10.9. The first-order chi connectivity index (χ1) is 10.1. The summed E-state index contributed by atoms with van der Waals surface area (Å²) in [5, 5.41) is 7.55. The van der Waals surface area contributed by atoms with Crippen LogP contribution in [0.2, 0.25) is 0 Å². The molecule has 0 atom stereocenters. The zero-order valence-corrected chi connectivity index (χ0v) is 13.9. The van der Waals surface area contributed by atoms with Gasteiger partial charge in [-0.3, -0.25) is 9.48 Å². The molecule has 2 heterocycles. The number of hydrogen-bond acceptors (Lipinski definition) is 5. The second-order valence-electron chi connectivity index (χ2n) is 4.47. The minimum Gasteiger partial charge on any atom is -0.399 e. The third kappa shape index (κ3) is 3.50. The number of fused-ring (bicyclic) bond motifs is 1. The standard InChI is InChI=1S/C13H12IN5OS/c14-8-6-16-19(7-8)4-3-12(20)18-13-17-10-2-1-9(15)5-11(10)21-13/h1-2,5-7H,3-4,15H2,(H,17,18,20). The molecule has 3 N–H and O–H groups in total. The van der Waals surface area contributed by atoms with Gasteiger partial charge in [-0.05, 0) is 40.8 Å². The summed E-state index contributed by atoms with van der Waals surface area (Å²) >= 11 is 3.60. The number of benzene rings is 1. The molecule has 3 rings (SSSR count). The molecule has 0 unspecified atom stereocenters. The van der Waals surface area contributed by atoms with Gasteiger partial charge in [0.2, 0.25) is 5.91 Å². The van der Waals surface area contributed by atoms with Crippen LogP contribution in [-0.2, 0) is 11.3 Å². The molecule has 21 heavy (non-hydrogen) atoms. The highest BCUT2D eigenvalue weighted by atomic mass is 127. The van der Waals surface area contributed by atoms with Gasteiger partial charge >= 0.3 is 0 Å². The molecular formula is C13H12IN5OS. The molecule has 1 amide bonds. The summed E-state index contributed by atoms with van der Waals surface area (Å²) in [6, 6.07) is 5.50. The maximum Gasteiger partial charge on any atom is 0.228 e. The van der Waals surface area contributed by atoms with Crippen LogP contribution >= 0.6 is 33.9 Å². The molecule has 3 aromatic rings. The topological polar surface area (TPSA) is 85.8 Å². The van der Waals surface area contributed by atoms with Gasteiger partial charge in [0.05, 0.1) is 20.0 Å². The molecule has 0 bridgehead atoms. The Morgan fingerprint density at radius 3 is 3.10 bits per heavy atom. The summed E-state index contributed by atoms with van der Waals surface area (Å²) < 4.78 is 3.77. The summed E-state index contributed by atoms with van der Waals surface area (Å²) in [5.74, 6) is -0.0764. The zero-order valence-electron chi connectivity index (χ0n) is 10.9. The number of carbonyl (C=O) groups is 1. The van der Waals surface area contributed by atoms with Crippen LogP contribution < -0.4 is 11.1 Å². The first kappa shape index (κ1) is 14.3. The monoisotopic (exact) mass is 413 g/mol. The number of nitrogens with zero attached hydrogens (tertiary/aromatic N) is 3. The molecule has 0 aliphatic heterocycles. The molecule has 0 aliphatic rings. The van der Waals surface area contributed by atoms with Crippen LogP contribution in [-0.4, -0.2) is 20.7 Å². The van der Waals surface area contributed by atoms with Crippen LogP contribution in [0.5, 0.6) is 0 Å². The van der Waals surface area contributed by atoms with E-state index in [0.717, 1.165) is 13.8 Å². The highest BCUT2D eigenvalue weighted by Gasteiger charge is 2.08. The molecule has 108 valence electrons. The molecule has 0 saturated heterocycles. The number of hydrogen-bond donors (Lipinski definition) is 2. The predicted octanol–water partition coefficient (Wildman–Crippen LogP) is 2.71. The second-order valence-corrected chi connectivity index (χ2v) is 6.74. The number of thiazole rings is 1. The molecule has 2 aromatic heterocycles. The van der Waals surface area contributed by atoms with Crippen LogP contribution in [0.3, 0.4) is 0 Å². The van der Waals surface area contributed by atoms with E-state index in [1.807, 2.05) is 18.3 Å². The highest BCUT2D eigenvalue weighted by Crippen LogP contribution is 2.27. The Morgan fingerprint density at radius 2 is 2.33 bits per heavy atom. The van der Waals surface area contributed by atoms with Crippen molar-refractivity contribution < 1.29 is 4.79 Å². The van der Waals surface area contributed by atoms with E-state index in [0.29, 0.717) is 23.8 Å². The van der Waals surface area contributed by atoms with E-state index >= 15 is 0 Å². The molecule has 0 saturated carbocycles. The van der Waals surface area contributed by atoms with Crippen molar-refractivity contribution in [3.8, 4) is 0 Å². The smallest absolute Gasteiger partial charge is 0.228 e. The maximum atomic E-state index is 11.9. The zero-order chi connectivity index (χ0) is 14.8. The third-order valence-corrected chi connectivity index (χ3v) is 4.32. The van der Waals surface area contributed by atoms with Crippen molar-refractivity contribution >= 4 is 60.9 Å². The van der Waals surface area contributed by atoms with Gasteiger partial charge in [-0.1, -0.05) is 11.3 Å². The van der Waals surface area contributed by atoms with Gasteiger partial charge in [-0.15, -0.1) is 0 Å². The van der Waals surface area contributed by atoms with E-state index in [2.05, 4.69) is 38.0 Å². The fourth-order valence-corrected chi connectivity index (χ4v) is 3.23. The Bertz CT molecular complexity index is 797. The number of carbonyl (C=O) groups excluding carboxylic acids is 1. The molecule has 0 spiro atoms. The lowest BCUT2D eigenvalue weighted by Gasteiger charge is -2.01. The lowest BCUT2D eigenvalue weighted by Crippen LogP contribution is -2.14. The number of amides is 1. The Balaban J connectivity index is 1.63. The van der Waals surface area contributed by atoms with Crippen molar-refractivity contribution in [1.29, 1.82) is 0 Å². The third-order valence-electron chi connectivity index (χ3n) is 2.83. The highest BCUT2D eigenvalue weighted by molar-refractivity contribution is 14.1. The number of aryl methyl sites for hydroxylation is 1. The molecule has 1 aromatic carbocycles. The van der Waals surface area contributed by atoms with Gasteiger partial charge in [-0.25, -0.2) is 4.98 Å². The van der Waals surface area contributed by atoms with E-state index in [1.54, 1.807) is 16.9 Å². The number of rotatable bonds is 4. The first-order valence-corrected chi connectivity index (χ1v) is 8.13. The van der Waals surface area contributed by atoms with Gasteiger partial charge in [0.15, 0.2) is 5.13 Å². The van der Waals surface area contributed by atoms with Crippen molar-refractivity contribution in [2.75, 3.05) is 11.1 Å². The van der Waals surface area contributed by atoms with Gasteiger partial charge in [0, 0.05) is 24.8 Å². The summed E-state index contributed by atoms with van der Waals surface area (Å²) in [4.78, 5) is 16.3. The van der Waals surface area contributed by atoms with Crippen molar-refractivity contribution in [2.24, 2.45) is 0 Å². The Hall–Kier alpha value is -1.68. The number of nitrogens with two attached hydrogens (primary N) is 1. The van der Waals surface area contributed by atoms with Gasteiger partial charge in [-0.2, -0.15) is 5.10 Å². The average molecular weight is 413 g/mol. The molecule has 6 nitrogen and oxygen atoms in total. The van der Waals surface area contributed by atoms with E-state index in [1.165, 1.54) is 11.3 Å². The summed E-state index contributed by atoms with van der Waals surface area (Å²) in [7, 11) is 0. The molecule has 0 aliphatic carbocycles. The lowest BCUT2D eigenvalue weighted by molar-refractivity contribution is -0.116. The van der Waals surface area contributed by atoms with Crippen molar-refractivity contribution in [1.82, 2.24) is 14.8 Å². The fourth-order valence-electron chi connectivity index (χ4n) is 1.85. The van der Waals surface area contributed by atoms with Crippen molar-refractivity contribution in [3.05, 3.63) is 34.2 Å². The molecular weight excluding hydrogens is 401 g/mol. The predicted molar refractivity (Wildman–Crippen MR) is 92.2 cm³/mol. The van der Waals surface area contributed by atoms with Crippen LogP contribution in [0, 0.1) is 3.57 Å². The summed E-state index contributed by atoms with van der Waals surface area (Å²) in [6.07, 6.45) is 4.01. The number of nitrogens with one attached hydrogen (secondary N) is 1. The number of aromatic nitrogens is 3.